The van der Waals surface area contributed by atoms with E-state index >= 15 is 0 Å². The molecule has 1 unspecified atom stereocenters. The zero-order chi connectivity index (χ0) is 20.6. The summed E-state index contributed by atoms with van der Waals surface area (Å²) in [6, 6.07) is 4.54. The maximum absolute atomic E-state index is 13.0. The number of hydrogen-bond donors (Lipinski definition) is 0. The van der Waals surface area contributed by atoms with Crippen LogP contribution >= 0.6 is 0 Å². The first-order valence-electron chi connectivity index (χ1n) is 9.40. The fourth-order valence-electron chi connectivity index (χ4n) is 3.76. The van der Waals surface area contributed by atoms with Crippen LogP contribution in [0.4, 0.5) is 5.69 Å². The van der Waals surface area contributed by atoms with Crippen LogP contribution in [0.2, 0.25) is 0 Å². The zero-order valence-electron chi connectivity index (χ0n) is 16.6. The number of benzene rings is 1. The highest BCUT2D eigenvalue weighted by atomic mass is 16.6. The average Bonchev–Trinajstić information content (AvgIpc) is 2.96. The lowest BCUT2D eigenvalue weighted by Gasteiger charge is -2.32. The number of likely N-dealkylation sites (tertiary alicyclic amines) is 1. The number of amides is 1. The van der Waals surface area contributed by atoms with E-state index in [9.17, 15) is 19.7 Å². The lowest BCUT2D eigenvalue weighted by Crippen LogP contribution is -2.40. The number of nitro groups is 1. The maximum Gasteiger partial charge on any atom is 0.345 e. The smallest absolute Gasteiger partial charge is 0.338 e. The van der Waals surface area contributed by atoms with Gasteiger partial charge in [-0.2, -0.15) is 5.10 Å². The molecule has 1 saturated heterocycles. The second-order valence-electron chi connectivity index (χ2n) is 7.58. The highest BCUT2D eigenvalue weighted by Crippen LogP contribution is 2.28. The van der Waals surface area contributed by atoms with Crippen molar-refractivity contribution in [3.05, 3.63) is 55.7 Å². The summed E-state index contributed by atoms with van der Waals surface area (Å²) in [5, 5.41) is 15.6. The number of rotatable bonds is 4. The minimum Gasteiger partial charge on any atom is -0.338 e. The number of nitro benzene ring substituents is 1. The average molecular weight is 387 g/mol. The zero-order valence-corrected chi connectivity index (χ0v) is 16.6. The van der Waals surface area contributed by atoms with E-state index in [0.29, 0.717) is 30.0 Å². The van der Waals surface area contributed by atoms with Crippen LogP contribution in [-0.2, 0) is 7.05 Å². The summed E-state index contributed by atoms with van der Waals surface area (Å²) < 4.78 is 3.01. The molecule has 1 aliphatic heterocycles. The molecule has 0 saturated carbocycles. The van der Waals surface area contributed by atoms with Crippen molar-refractivity contribution in [1.82, 2.24) is 19.2 Å². The van der Waals surface area contributed by atoms with Crippen LogP contribution in [0.3, 0.4) is 0 Å². The fraction of sp³-hybridized carbons (Fsp3) is 0.526. The van der Waals surface area contributed by atoms with Gasteiger partial charge < -0.3 is 4.90 Å². The molecule has 1 aliphatic rings. The molecule has 3 rings (SSSR count). The van der Waals surface area contributed by atoms with Crippen molar-refractivity contribution < 1.29 is 9.72 Å². The Bertz CT molecular complexity index is 975. The van der Waals surface area contributed by atoms with Gasteiger partial charge in [0, 0.05) is 49.3 Å². The van der Waals surface area contributed by atoms with Crippen molar-refractivity contribution in [1.29, 1.82) is 0 Å². The summed E-state index contributed by atoms with van der Waals surface area (Å²) in [6.45, 7) is 6.53. The first-order valence-corrected chi connectivity index (χ1v) is 9.40. The van der Waals surface area contributed by atoms with Crippen molar-refractivity contribution in [2.24, 2.45) is 7.05 Å². The SMILES string of the molecule is Cc1ccc(C(=O)N2CCCC(c3nn(C)c(=O)n3C(C)C)C2)cc1[N+](=O)[O-]. The van der Waals surface area contributed by atoms with Crippen LogP contribution in [0.5, 0.6) is 0 Å². The van der Waals surface area contributed by atoms with Crippen LogP contribution in [0.25, 0.3) is 0 Å². The molecular formula is C19H25N5O4. The summed E-state index contributed by atoms with van der Waals surface area (Å²) in [7, 11) is 1.63. The van der Waals surface area contributed by atoms with E-state index in [1.807, 2.05) is 13.8 Å². The van der Waals surface area contributed by atoms with Crippen LogP contribution in [0.15, 0.2) is 23.0 Å². The number of piperidine rings is 1. The largest absolute Gasteiger partial charge is 0.345 e. The summed E-state index contributed by atoms with van der Waals surface area (Å²) in [5.74, 6) is 0.409. The van der Waals surface area contributed by atoms with Gasteiger partial charge >= 0.3 is 5.69 Å². The van der Waals surface area contributed by atoms with Crippen molar-refractivity contribution in [2.45, 2.75) is 45.6 Å². The molecule has 0 aliphatic carbocycles. The highest BCUT2D eigenvalue weighted by Gasteiger charge is 2.30. The third-order valence-corrected chi connectivity index (χ3v) is 5.23. The maximum atomic E-state index is 13.0. The van der Waals surface area contributed by atoms with Gasteiger partial charge in [-0.1, -0.05) is 6.07 Å². The second kappa shape index (κ2) is 7.57. The van der Waals surface area contributed by atoms with E-state index in [0.717, 1.165) is 12.8 Å². The van der Waals surface area contributed by atoms with Gasteiger partial charge in [0.25, 0.3) is 11.6 Å². The lowest BCUT2D eigenvalue weighted by atomic mass is 9.96. The van der Waals surface area contributed by atoms with E-state index in [4.69, 9.17) is 0 Å². The predicted octanol–water partition coefficient (Wildman–Crippen LogP) is 2.40. The summed E-state index contributed by atoms with van der Waals surface area (Å²) in [5.41, 5.74) is 0.605. The molecule has 150 valence electrons. The van der Waals surface area contributed by atoms with E-state index in [1.165, 1.54) is 10.7 Å². The molecule has 0 N–H and O–H groups in total. The molecule has 0 spiro atoms. The number of carbonyl (C=O) groups is 1. The Morgan fingerprint density at radius 2 is 2.07 bits per heavy atom. The van der Waals surface area contributed by atoms with Gasteiger partial charge in [0.15, 0.2) is 0 Å². The molecule has 2 heterocycles. The number of nitrogens with zero attached hydrogens (tertiary/aromatic N) is 5. The normalized spacial score (nSPS) is 17.2. The van der Waals surface area contributed by atoms with Crippen LogP contribution in [0, 0.1) is 17.0 Å². The Morgan fingerprint density at radius 3 is 2.71 bits per heavy atom. The fourth-order valence-corrected chi connectivity index (χ4v) is 3.76. The first kappa shape index (κ1) is 19.8. The Balaban J connectivity index is 1.87. The number of aryl methyl sites for hydroxylation is 2. The minimum atomic E-state index is -0.472. The number of aromatic nitrogens is 3. The molecule has 0 radical (unpaired) electrons. The Kier molecular flexibility index (Phi) is 5.35. The van der Waals surface area contributed by atoms with Gasteiger partial charge in [-0.05, 0) is 39.7 Å². The summed E-state index contributed by atoms with van der Waals surface area (Å²) >= 11 is 0. The third-order valence-electron chi connectivity index (χ3n) is 5.23. The highest BCUT2D eigenvalue weighted by molar-refractivity contribution is 5.95. The number of hydrogen-bond acceptors (Lipinski definition) is 5. The molecular weight excluding hydrogens is 362 g/mol. The molecule has 1 fully saturated rings. The molecule has 1 amide bonds. The van der Waals surface area contributed by atoms with E-state index < -0.39 is 4.92 Å². The van der Waals surface area contributed by atoms with Gasteiger partial charge in [-0.15, -0.1) is 0 Å². The van der Waals surface area contributed by atoms with Crippen molar-refractivity contribution >= 4 is 11.6 Å². The van der Waals surface area contributed by atoms with E-state index in [2.05, 4.69) is 5.10 Å². The summed E-state index contributed by atoms with van der Waals surface area (Å²) in [4.78, 5) is 37.7. The first-order chi connectivity index (χ1) is 13.2. The molecule has 28 heavy (non-hydrogen) atoms. The van der Waals surface area contributed by atoms with Crippen molar-refractivity contribution in [2.75, 3.05) is 13.1 Å². The van der Waals surface area contributed by atoms with Crippen LogP contribution in [0.1, 0.15) is 60.4 Å². The molecule has 1 aromatic heterocycles. The van der Waals surface area contributed by atoms with Crippen LogP contribution in [-0.4, -0.2) is 43.2 Å². The Labute approximate surface area is 162 Å². The topological polar surface area (TPSA) is 103 Å². The molecule has 1 aromatic carbocycles. The van der Waals surface area contributed by atoms with Gasteiger partial charge in [0.1, 0.15) is 5.82 Å². The van der Waals surface area contributed by atoms with Gasteiger partial charge in [-0.3, -0.25) is 19.5 Å². The molecule has 9 nitrogen and oxygen atoms in total. The minimum absolute atomic E-state index is 0.0259. The van der Waals surface area contributed by atoms with E-state index in [-0.39, 0.29) is 29.2 Å². The quantitative estimate of drug-likeness (QED) is 0.592. The number of carbonyl (C=O) groups excluding carboxylic acids is 1. The van der Waals surface area contributed by atoms with E-state index in [1.54, 1.807) is 35.6 Å². The van der Waals surface area contributed by atoms with Crippen molar-refractivity contribution in [3.8, 4) is 0 Å². The van der Waals surface area contributed by atoms with Gasteiger partial charge in [-0.25, -0.2) is 9.48 Å². The lowest BCUT2D eigenvalue weighted by molar-refractivity contribution is -0.385. The van der Waals surface area contributed by atoms with Crippen LogP contribution < -0.4 is 5.69 Å². The standard InChI is InChI=1S/C19H25N5O4/c1-12(2)23-17(20-21(4)19(23)26)15-6-5-9-22(11-15)18(25)14-8-7-13(3)16(10-14)24(27)28/h7-8,10,12,15H,5-6,9,11H2,1-4H3. The van der Waals surface area contributed by atoms with Gasteiger partial charge in [0.05, 0.1) is 4.92 Å². The van der Waals surface area contributed by atoms with Gasteiger partial charge in [0.2, 0.25) is 0 Å². The Morgan fingerprint density at radius 1 is 1.36 bits per heavy atom. The van der Waals surface area contributed by atoms with Crippen molar-refractivity contribution in [3.63, 3.8) is 0 Å². The molecule has 1 atom stereocenters. The molecule has 0 bridgehead atoms. The Hall–Kier alpha value is -2.97. The monoisotopic (exact) mass is 387 g/mol. The second-order valence-corrected chi connectivity index (χ2v) is 7.58. The molecule has 2 aromatic rings. The molecule has 9 heteroatoms. The predicted molar refractivity (Wildman–Crippen MR) is 104 cm³/mol. The summed E-state index contributed by atoms with van der Waals surface area (Å²) in [6.07, 6.45) is 1.62. The third kappa shape index (κ3) is 3.56.